The second-order valence-corrected chi connectivity index (χ2v) is 5.24. The first-order valence-corrected chi connectivity index (χ1v) is 6.64. The van der Waals surface area contributed by atoms with Crippen LogP contribution in [0.5, 0.6) is 0 Å². The maximum Gasteiger partial charge on any atom is 0.0931 e. The second-order valence-electron chi connectivity index (χ2n) is 4.30. The van der Waals surface area contributed by atoms with E-state index >= 15 is 0 Å². The molecule has 0 aromatic carbocycles. The van der Waals surface area contributed by atoms with E-state index in [9.17, 15) is 0 Å². The number of rotatable bonds is 7. The molecule has 0 aliphatic carbocycles. The fourth-order valence-electron chi connectivity index (χ4n) is 1.54. The predicted molar refractivity (Wildman–Crippen MR) is 69.1 cm³/mol. The molecule has 1 heterocycles. The summed E-state index contributed by atoms with van der Waals surface area (Å²) in [6.45, 7) is 8.22. The number of aromatic nitrogens is 1. The predicted octanol–water partition coefficient (Wildman–Crippen LogP) is 2.25. The van der Waals surface area contributed by atoms with E-state index in [1.54, 1.807) is 18.4 Å². The van der Waals surface area contributed by atoms with Crippen LogP contribution in [0, 0.1) is 12.8 Å². The summed E-state index contributed by atoms with van der Waals surface area (Å²) in [7, 11) is 1.73. The number of thiazole rings is 1. The minimum atomic E-state index is 0.499. The summed E-state index contributed by atoms with van der Waals surface area (Å²) < 4.78 is 5.02. The van der Waals surface area contributed by atoms with Crippen LogP contribution in [0.25, 0.3) is 0 Å². The van der Waals surface area contributed by atoms with Gasteiger partial charge >= 0.3 is 0 Å². The van der Waals surface area contributed by atoms with Crippen LogP contribution in [0.1, 0.15) is 24.5 Å². The van der Waals surface area contributed by atoms with Crippen molar-refractivity contribution in [1.29, 1.82) is 0 Å². The lowest BCUT2D eigenvalue weighted by atomic mass is 10.0. The van der Waals surface area contributed by atoms with E-state index in [4.69, 9.17) is 4.74 Å². The van der Waals surface area contributed by atoms with Crippen LogP contribution < -0.4 is 5.32 Å². The summed E-state index contributed by atoms with van der Waals surface area (Å²) in [5.41, 5.74) is 1.13. The normalized spacial score (nSPS) is 15.0. The average Bonchev–Trinajstić information content (AvgIpc) is 2.64. The van der Waals surface area contributed by atoms with Crippen molar-refractivity contribution in [2.75, 3.05) is 20.3 Å². The highest BCUT2D eigenvalue weighted by Crippen LogP contribution is 2.16. The molecule has 0 amide bonds. The van der Waals surface area contributed by atoms with Crippen molar-refractivity contribution in [3.8, 4) is 0 Å². The molecule has 0 aliphatic heterocycles. The van der Waals surface area contributed by atoms with Gasteiger partial charge in [0.1, 0.15) is 0 Å². The van der Waals surface area contributed by atoms with E-state index in [0.717, 1.165) is 25.3 Å². The molecule has 2 atom stereocenters. The third kappa shape index (κ3) is 4.60. The van der Waals surface area contributed by atoms with E-state index in [-0.39, 0.29) is 0 Å². The Kier molecular flexibility index (Phi) is 5.95. The summed E-state index contributed by atoms with van der Waals surface area (Å²) in [4.78, 5) is 4.50. The van der Waals surface area contributed by atoms with Gasteiger partial charge < -0.3 is 10.1 Å². The van der Waals surface area contributed by atoms with Crippen LogP contribution in [0.4, 0.5) is 0 Å². The Labute approximate surface area is 102 Å². The van der Waals surface area contributed by atoms with Gasteiger partial charge in [-0.3, -0.25) is 0 Å². The Balaban J connectivity index is 2.30. The number of nitrogens with one attached hydrogen (secondary N) is 1. The van der Waals surface area contributed by atoms with Gasteiger partial charge in [0.15, 0.2) is 0 Å². The minimum absolute atomic E-state index is 0.499. The van der Waals surface area contributed by atoms with Crippen LogP contribution in [0.2, 0.25) is 0 Å². The first kappa shape index (κ1) is 13.6. The quantitative estimate of drug-likeness (QED) is 0.745. The molecule has 0 fully saturated rings. The summed E-state index contributed by atoms with van der Waals surface area (Å²) in [6, 6.07) is 0.499. The molecule has 92 valence electrons. The molecule has 0 radical (unpaired) electrons. The zero-order valence-electron chi connectivity index (χ0n) is 10.6. The SMILES string of the molecule is COCCNC(C)C(C)Cc1nc(C)cs1. The third-order valence-electron chi connectivity index (χ3n) is 2.79. The molecule has 0 bridgehead atoms. The van der Waals surface area contributed by atoms with E-state index < -0.39 is 0 Å². The summed E-state index contributed by atoms with van der Waals surface area (Å²) >= 11 is 1.76. The molecule has 0 spiro atoms. The second kappa shape index (κ2) is 6.99. The number of methoxy groups -OCH3 is 1. The van der Waals surface area contributed by atoms with Crippen LogP contribution in [0.3, 0.4) is 0 Å². The molecule has 1 aromatic heterocycles. The maximum atomic E-state index is 5.02. The highest BCUT2D eigenvalue weighted by atomic mass is 32.1. The number of nitrogens with zero attached hydrogens (tertiary/aromatic N) is 1. The van der Waals surface area contributed by atoms with Gasteiger partial charge in [-0.2, -0.15) is 0 Å². The number of hydrogen-bond donors (Lipinski definition) is 1. The lowest BCUT2D eigenvalue weighted by molar-refractivity contribution is 0.192. The summed E-state index contributed by atoms with van der Waals surface area (Å²) in [5, 5.41) is 6.82. The van der Waals surface area contributed by atoms with Gasteiger partial charge in [-0.1, -0.05) is 6.92 Å². The Morgan fingerprint density at radius 2 is 2.25 bits per heavy atom. The fraction of sp³-hybridized carbons (Fsp3) is 0.750. The zero-order valence-corrected chi connectivity index (χ0v) is 11.4. The monoisotopic (exact) mass is 242 g/mol. The Morgan fingerprint density at radius 3 is 2.81 bits per heavy atom. The molecule has 0 aliphatic rings. The van der Waals surface area contributed by atoms with Gasteiger partial charge in [0.2, 0.25) is 0 Å². The van der Waals surface area contributed by atoms with Crippen molar-refractivity contribution in [2.45, 2.75) is 33.2 Å². The van der Waals surface area contributed by atoms with Crippen LogP contribution in [-0.4, -0.2) is 31.3 Å². The Bertz CT molecular complexity index is 301. The molecule has 0 saturated carbocycles. The van der Waals surface area contributed by atoms with Gasteiger partial charge in [0.05, 0.1) is 11.6 Å². The Morgan fingerprint density at radius 1 is 1.50 bits per heavy atom. The largest absolute Gasteiger partial charge is 0.383 e. The molecule has 1 N–H and O–H groups in total. The van der Waals surface area contributed by atoms with Crippen LogP contribution in [0.15, 0.2) is 5.38 Å². The molecule has 2 unspecified atom stereocenters. The number of aryl methyl sites for hydroxylation is 1. The smallest absolute Gasteiger partial charge is 0.0931 e. The third-order valence-corrected chi connectivity index (χ3v) is 3.78. The van der Waals surface area contributed by atoms with Gasteiger partial charge in [0.25, 0.3) is 0 Å². The van der Waals surface area contributed by atoms with Crippen molar-refractivity contribution in [3.63, 3.8) is 0 Å². The molecule has 1 aromatic rings. The van der Waals surface area contributed by atoms with Gasteiger partial charge in [-0.25, -0.2) is 4.98 Å². The minimum Gasteiger partial charge on any atom is -0.383 e. The van der Waals surface area contributed by atoms with E-state index in [1.165, 1.54) is 5.01 Å². The number of hydrogen-bond acceptors (Lipinski definition) is 4. The molecule has 16 heavy (non-hydrogen) atoms. The highest BCUT2D eigenvalue weighted by molar-refractivity contribution is 7.09. The average molecular weight is 242 g/mol. The number of ether oxygens (including phenoxy) is 1. The van der Waals surface area contributed by atoms with Crippen molar-refractivity contribution >= 4 is 11.3 Å². The van der Waals surface area contributed by atoms with Crippen molar-refractivity contribution < 1.29 is 4.74 Å². The van der Waals surface area contributed by atoms with Crippen LogP contribution >= 0.6 is 11.3 Å². The fourth-order valence-corrected chi connectivity index (χ4v) is 2.45. The standard InChI is InChI=1S/C12H22N2OS/c1-9(11(3)13-5-6-15-4)7-12-14-10(2)8-16-12/h8-9,11,13H,5-7H2,1-4H3. The topological polar surface area (TPSA) is 34.1 Å². The molecule has 0 saturated heterocycles. The van der Waals surface area contributed by atoms with E-state index in [2.05, 4.69) is 29.5 Å². The molecular formula is C12H22N2OS. The van der Waals surface area contributed by atoms with Crippen molar-refractivity contribution in [3.05, 3.63) is 16.1 Å². The highest BCUT2D eigenvalue weighted by Gasteiger charge is 2.13. The zero-order chi connectivity index (χ0) is 12.0. The molecular weight excluding hydrogens is 220 g/mol. The van der Waals surface area contributed by atoms with E-state index in [1.807, 2.05) is 6.92 Å². The Hall–Kier alpha value is -0.450. The maximum absolute atomic E-state index is 5.02. The van der Waals surface area contributed by atoms with Gasteiger partial charge in [-0.05, 0) is 19.8 Å². The first-order chi connectivity index (χ1) is 7.63. The molecule has 4 heteroatoms. The molecule has 3 nitrogen and oxygen atoms in total. The summed E-state index contributed by atoms with van der Waals surface area (Å²) in [5.74, 6) is 0.599. The van der Waals surface area contributed by atoms with E-state index in [0.29, 0.717) is 12.0 Å². The summed E-state index contributed by atoms with van der Waals surface area (Å²) in [6.07, 6.45) is 1.06. The molecule has 1 rings (SSSR count). The lowest BCUT2D eigenvalue weighted by Gasteiger charge is -2.20. The van der Waals surface area contributed by atoms with Gasteiger partial charge in [-0.15, -0.1) is 11.3 Å². The van der Waals surface area contributed by atoms with Crippen molar-refractivity contribution in [2.24, 2.45) is 5.92 Å². The van der Waals surface area contributed by atoms with Gasteiger partial charge in [0, 0.05) is 37.2 Å². The lowest BCUT2D eigenvalue weighted by Crippen LogP contribution is -2.35. The first-order valence-electron chi connectivity index (χ1n) is 5.76. The van der Waals surface area contributed by atoms with Crippen LogP contribution in [-0.2, 0) is 11.2 Å². The van der Waals surface area contributed by atoms with Crippen molar-refractivity contribution in [1.82, 2.24) is 10.3 Å².